The van der Waals surface area contributed by atoms with Gasteiger partial charge in [0.05, 0.1) is 7.11 Å². The number of nitrogens with one attached hydrogen (secondary N) is 2. The Labute approximate surface area is 99.5 Å². The van der Waals surface area contributed by atoms with Crippen LogP contribution in [0.3, 0.4) is 0 Å². The van der Waals surface area contributed by atoms with E-state index in [2.05, 4.69) is 15.4 Å². The molecule has 7 nitrogen and oxygen atoms in total. The first kappa shape index (κ1) is 15.2. The Hall–Kier alpha value is -1.79. The lowest BCUT2D eigenvalue weighted by Crippen LogP contribution is -2.45. The average Bonchev–Trinajstić information content (AvgIpc) is 2.26. The molecular weight excluding hydrogens is 228 g/mol. The molecule has 0 aromatic rings. The number of aliphatic carboxylic acids is 1. The number of ether oxygens (including phenoxy) is 1. The van der Waals surface area contributed by atoms with Crippen molar-refractivity contribution in [2.24, 2.45) is 0 Å². The number of hydrogen-bond donors (Lipinski definition) is 3. The van der Waals surface area contributed by atoms with E-state index < -0.39 is 24.0 Å². The molecule has 0 aromatic heterocycles. The summed E-state index contributed by atoms with van der Waals surface area (Å²) in [4.78, 5) is 32.4. The van der Waals surface area contributed by atoms with Crippen molar-refractivity contribution < 1.29 is 24.2 Å². The van der Waals surface area contributed by atoms with Crippen molar-refractivity contribution in [1.29, 1.82) is 0 Å². The summed E-state index contributed by atoms with van der Waals surface area (Å²) in [7, 11) is 1.24. The summed E-state index contributed by atoms with van der Waals surface area (Å²) in [6.07, 6.45) is 1.16. The average molecular weight is 246 g/mol. The van der Waals surface area contributed by atoms with Gasteiger partial charge in [-0.2, -0.15) is 0 Å². The molecule has 0 saturated heterocycles. The van der Waals surface area contributed by atoms with Gasteiger partial charge in [0.1, 0.15) is 6.04 Å². The molecule has 0 saturated carbocycles. The van der Waals surface area contributed by atoms with Crippen molar-refractivity contribution in [3.63, 3.8) is 0 Å². The molecule has 0 spiro atoms. The Balaban J connectivity index is 3.59. The second-order valence-electron chi connectivity index (χ2n) is 3.50. The van der Waals surface area contributed by atoms with Crippen LogP contribution >= 0.6 is 0 Å². The van der Waals surface area contributed by atoms with E-state index in [1.165, 1.54) is 14.0 Å². The Morgan fingerprint density at radius 1 is 1.29 bits per heavy atom. The van der Waals surface area contributed by atoms with Crippen LogP contribution in [0.2, 0.25) is 0 Å². The summed E-state index contributed by atoms with van der Waals surface area (Å²) >= 11 is 0. The van der Waals surface area contributed by atoms with Crippen LogP contribution in [0, 0.1) is 0 Å². The summed E-state index contributed by atoms with van der Waals surface area (Å²) in [6.45, 7) is 1.88. The van der Waals surface area contributed by atoms with Gasteiger partial charge in [0, 0.05) is 13.0 Å². The van der Waals surface area contributed by atoms with Crippen LogP contribution in [-0.4, -0.2) is 42.8 Å². The molecule has 3 N–H and O–H groups in total. The van der Waals surface area contributed by atoms with Gasteiger partial charge in [0.15, 0.2) is 0 Å². The highest BCUT2D eigenvalue weighted by Gasteiger charge is 2.14. The van der Waals surface area contributed by atoms with Crippen molar-refractivity contribution in [1.82, 2.24) is 10.6 Å². The number of esters is 1. The predicted octanol–water partition coefficient (Wildman–Crippen LogP) is 0.102. The van der Waals surface area contributed by atoms with Crippen molar-refractivity contribution in [3.8, 4) is 0 Å². The SMILES string of the molecule is COC(=O)C(C)NC(=O)NCCCCC(=O)O. The van der Waals surface area contributed by atoms with Crippen LogP contribution in [0.5, 0.6) is 0 Å². The summed E-state index contributed by atoms with van der Waals surface area (Å²) in [6, 6.07) is -1.18. The number of carboxylic acid groups (broad SMARTS) is 1. The quantitative estimate of drug-likeness (QED) is 0.436. The number of amides is 2. The molecule has 1 unspecified atom stereocenters. The van der Waals surface area contributed by atoms with Gasteiger partial charge in [0.25, 0.3) is 0 Å². The minimum absolute atomic E-state index is 0.0852. The molecule has 0 heterocycles. The molecule has 98 valence electrons. The molecule has 0 bridgehead atoms. The lowest BCUT2D eigenvalue weighted by Gasteiger charge is -2.12. The minimum atomic E-state index is -0.853. The molecule has 0 aromatic carbocycles. The third-order valence-corrected chi connectivity index (χ3v) is 2.01. The van der Waals surface area contributed by atoms with Crippen molar-refractivity contribution in [3.05, 3.63) is 0 Å². The van der Waals surface area contributed by atoms with Gasteiger partial charge in [-0.05, 0) is 19.8 Å². The topological polar surface area (TPSA) is 105 Å². The van der Waals surface area contributed by atoms with Gasteiger partial charge in [-0.3, -0.25) is 4.79 Å². The second-order valence-corrected chi connectivity index (χ2v) is 3.50. The van der Waals surface area contributed by atoms with Crippen molar-refractivity contribution in [2.75, 3.05) is 13.7 Å². The van der Waals surface area contributed by atoms with Crippen molar-refractivity contribution in [2.45, 2.75) is 32.2 Å². The van der Waals surface area contributed by atoms with Gasteiger partial charge in [-0.25, -0.2) is 9.59 Å². The number of rotatable bonds is 7. The highest BCUT2D eigenvalue weighted by molar-refractivity contribution is 5.83. The Kier molecular flexibility index (Phi) is 7.49. The molecule has 17 heavy (non-hydrogen) atoms. The van der Waals surface area contributed by atoms with Crippen molar-refractivity contribution >= 4 is 18.0 Å². The summed E-state index contributed by atoms with van der Waals surface area (Å²) in [5, 5.41) is 13.3. The number of hydrogen-bond acceptors (Lipinski definition) is 4. The van der Waals surface area contributed by atoms with E-state index in [0.717, 1.165) is 0 Å². The zero-order chi connectivity index (χ0) is 13.3. The molecule has 0 rings (SSSR count). The smallest absolute Gasteiger partial charge is 0.328 e. The standard InChI is InChI=1S/C10H18N2O5/c1-7(9(15)17-2)12-10(16)11-6-4-3-5-8(13)14/h7H,3-6H2,1-2H3,(H,13,14)(H2,11,12,16). The van der Waals surface area contributed by atoms with Crippen LogP contribution in [0.4, 0.5) is 4.79 Å². The van der Waals surface area contributed by atoms with E-state index in [1.54, 1.807) is 0 Å². The number of methoxy groups -OCH3 is 1. The first-order chi connectivity index (χ1) is 7.97. The van der Waals surface area contributed by atoms with E-state index in [9.17, 15) is 14.4 Å². The number of carboxylic acids is 1. The third-order valence-electron chi connectivity index (χ3n) is 2.01. The maximum Gasteiger partial charge on any atom is 0.328 e. The number of urea groups is 1. The molecule has 1 atom stereocenters. The van der Waals surface area contributed by atoms with E-state index in [0.29, 0.717) is 19.4 Å². The molecule has 0 aliphatic rings. The largest absolute Gasteiger partial charge is 0.481 e. The first-order valence-corrected chi connectivity index (χ1v) is 5.31. The molecule has 0 aliphatic carbocycles. The molecule has 0 aliphatic heterocycles. The lowest BCUT2D eigenvalue weighted by atomic mass is 10.2. The van der Waals surface area contributed by atoms with Crippen LogP contribution in [0.25, 0.3) is 0 Å². The van der Waals surface area contributed by atoms with Gasteiger partial charge >= 0.3 is 18.0 Å². The van der Waals surface area contributed by atoms with Crippen LogP contribution in [0.1, 0.15) is 26.2 Å². The number of carbonyl (C=O) groups excluding carboxylic acids is 2. The molecule has 0 fully saturated rings. The first-order valence-electron chi connectivity index (χ1n) is 5.31. The summed E-state index contributed by atoms with van der Waals surface area (Å²) in [5.74, 6) is -1.38. The molecular formula is C10H18N2O5. The van der Waals surface area contributed by atoms with Gasteiger partial charge in [0.2, 0.25) is 0 Å². The highest BCUT2D eigenvalue weighted by Crippen LogP contribution is 1.93. The zero-order valence-electron chi connectivity index (χ0n) is 9.99. The number of unbranched alkanes of at least 4 members (excludes halogenated alkanes) is 1. The molecule has 0 radical (unpaired) electrons. The van der Waals surface area contributed by atoms with E-state index in [-0.39, 0.29) is 6.42 Å². The second kappa shape index (κ2) is 8.37. The van der Waals surface area contributed by atoms with Crippen LogP contribution < -0.4 is 10.6 Å². The molecule has 2 amide bonds. The van der Waals surface area contributed by atoms with E-state index >= 15 is 0 Å². The maximum absolute atomic E-state index is 11.2. The predicted molar refractivity (Wildman–Crippen MR) is 59.5 cm³/mol. The van der Waals surface area contributed by atoms with Crippen LogP contribution in [0.15, 0.2) is 0 Å². The van der Waals surface area contributed by atoms with Gasteiger partial charge in [-0.15, -0.1) is 0 Å². The highest BCUT2D eigenvalue weighted by atomic mass is 16.5. The molecule has 7 heteroatoms. The normalized spacial score (nSPS) is 11.4. The lowest BCUT2D eigenvalue weighted by molar-refractivity contribution is -0.142. The monoisotopic (exact) mass is 246 g/mol. The fraction of sp³-hybridized carbons (Fsp3) is 0.700. The number of carbonyl (C=O) groups is 3. The minimum Gasteiger partial charge on any atom is -0.481 e. The van der Waals surface area contributed by atoms with Gasteiger partial charge in [-0.1, -0.05) is 0 Å². The fourth-order valence-corrected chi connectivity index (χ4v) is 1.09. The zero-order valence-corrected chi connectivity index (χ0v) is 9.99. The van der Waals surface area contributed by atoms with Gasteiger partial charge < -0.3 is 20.5 Å². The van der Waals surface area contributed by atoms with E-state index in [4.69, 9.17) is 5.11 Å². The Morgan fingerprint density at radius 2 is 1.94 bits per heavy atom. The van der Waals surface area contributed by atoms with Crippen LogP contribution in [-0.2, 0) is 14.3 Å². The summed E-state index contributed by atoms with van der Waals surface area (Å²) in [5.41, 5.74) is 0. The van der Waals surface area contributed by atoms with E-state index in [1.807, 2.05) is 0 Å². The Bertz CT molecular complexity index is 280. The fourth-order valence-electron chi connectivity index (χ4n) is 1.09. The maximum atomic E-state index is 11.2. The third kappa shape index (κ3) is 8.06. The Morgan fingerprint density at radius 3 is 2.47 bits per heavy atom. The summed E-state index contributed by atoms with van der Waals surface area (Å²) < 4.78 is 4.44.